The highest BCUT2D eigenvalue weighted by Gasteiger charge is 2.35. The fourth-order valence-electron chi connectivity index (χ4n) is 4.73. The van der Waals surface area contributed by atoms with Gasteiger partial charge in [0.05, 0.1) is 18.3 Å². The van der Waals surface area contributed by atoms with Crippen LogP contribution in [0.2, 0.25) is 0 Å². The van der Waals surface area contributed by atoms with Crippen molar-refractivity contribution < 1.29 is 24.2 Å². The Bertz CT molecular complexity index is 510. The normalized spacial score (nSPS) is 22.5. The number of hydrogen-bond acceptors (Lipinski definition) is 5. The predicted octanol–water partition coefficient (Wildman–Crippen LogP) is 6.00. The summed E-state index contributed by atoms with van der Waals surface area (Å²) in [6, 6.07) is 0. The minimum atomic E-state index is -1.14. The van der Waals surface area contributed by atoms with Crippen molar-refractivity contribution in [3.63, 3.8) is 0 Å². The fraction of sp³-hybridized carbons (Fsp3) is 0.923. The summed E-state index contributed by atoms with van der Waals surface area (Å²) in [6.45, 7) is 9.70. The summed E-state index contributed by atoms with van der Waals surface area (Å²) in [6.07, 6.45) is 12.7. The molecule has 0 aromatic heterocycles. The lowest BCUT2D eigenvalue weighted by atomic mass is 9.85. The third-order valence-corrected chi connectivity index (χ3v) is 6.34. The van der Waals surface area contributed by atoms with Gasteiger partial charge in [0, 0.05) is 6.42 Å². The monoisotopic (exact) mass is 440 g/mol. The molecule has 0 bridgehead atoms. The first-order valence-electron chi connectivity index (χ1n) is 12.7. The van der Waals surface area contributed by atoms with Gasteiger partial charge in [0.2, 0.25) is 6.10 Å². The van der Waals surface area contributed by atoms with Crippen LogP contribution in [0.15, 0.2) is 0 Å². The predicted molar refractivity (Wildman–Crippen MR) is 125 cm³/mol. The van der Waals surface area contributed by atoms with Gasteiger partial charge >= 0.3 is 5.97 Å². The van der Waals surface area contributed by atoms with Gasteiger partial charge in [0.1, 0.15) is 0 Å². The first kappa shape index (κ1) is 28.1. The number of ether oxygens (including phenoxy) is 2. The molecule has 1 fully saturated rings. The van der Waals surface area contributed by atoms with Crippen LogP contribution in [-0.2, 0) is 19.1 Å². The van der Waals surface area contributed by atoms with Crippen molar-refractivity contribution in [1.82, 2.24) is 0 Å². The summed E-state index contributed by atoms with van der Waals surface area (Å²) in [7, 11) is 0. The van der Waals surface area contributed by atoms with E-state index < -0.39 is 17.7 Å². The summed E-state index contributed by atoms with van der Waals surface area (Å²) in [5.74, 6) is 0.183. The third kappa shape index (κ3) is 11.5. The summed E-state index contributed by atoms with van der Waals surface area (Å²) in [5.41, 5.74) is -0.592. The summed E-state index contributed by atoms with van der Waals surface area (Å²) in [5, 5.41) is 10.4. The highest BCUT2D eigenvalue weighted by atomic mass is 16.6. The van der Waals surface area contributed by atoms with Crippen molar-refractivity contribution in [3.05, 3.63) is 0 Å². The molecule has 5 heteroatoms. The number of ketones is 1. The fourth-order valence-corrected chi connectivity index (χ4v) is 4.73. The lowest BCUT2D eigenvalue weighted by molar-refractivity contribution is -0.170. The van der Waals surface area contributed by atoms with Crippen LogP contribution in [0.4, 0.5) is 0 Å². The highest BCUT2D eigenvalue weighted by Crippen LogP contribution is 2.39. The molecular formula is C26H48O5. The molecule has 5 nitrogen and oxygen atoms in total. The van der Waals surface area contributed by atoms with Crippen LogP contribution >= 0.6 is 0 Å². The molecule has 0 radical (unpaired) electrons. The largest absolute Gasteiger partial charge is 0.464 e. The van der Waals surface area contributed by atoms with E-state index in [1.54, 1.807) is 6.92 Å². The number of rotatable bonds is 16. The van der Waals surface area contributed by atoms with Gasteiger partial charge < -0.3 is 14.6 Å². The van der Waals surface area contributed by atoms with Gasteiger partial charge in [-0.05, 0) is 65.2 Å². The van der Waals surface area contributed by atoms with Crippen LogP contribution in [0.1, 0.15) is 118 Å². The van der Waals surface area contributed by atoms with E-state index in [0.29, 0.717) is 18.3 Å². The van der Waals surface area contributed by atoms with Crippen molar-refractivity contribution in [2.45, 2.75) is 136 Å². The van der Waals surface area contributed by atoms with E-state index in [-0.39, 0.29) is 18.5 Å². The van der Waals surface area contributed by atoms with E-state index in [0.717, 1.165) is 32.1 Å². The van der Waals surface area contributed by atoms with Crippen molar-refractivity contribution in [2.24, 2.45) is 11.8 Å². The van der Waals surface area contributed by atoms with Gasteiger partial charge in [-0.3, -0.25) is 4.79 Å². The Kier molecular flexibility index (Phi) is 13.6. The standard InChI is InChI=1S/C26H48O5/c1-6-8-9-10-11-12-15-20-18-19-22(27)21(20)16-13-14-17-23(28)24(25(29)30-7-2)31-26(3,4)5/h20-22,24,27H,6-19H2,1-5H3/t20-,21+,22-,24?/m0/s1. The first-order valence-corrected chi connectivity index (χ1v) is 12.7. The third-order valence-electron chi connectivity index (χ3n) is 6.34. The second-order valence-corrected chi connectivity index (χ2v) is 10.2. The number of Topliss-reactive ketones (excluding diaryl/α,β-unsaturated/α-hetero) is 1. The van der Waals surface area contributed by atoms with Crippen LogP contribution < -0.4 is 0 Å². The molecule has 0 saturated heterocycles. The molecule has 1 aliphatic rings. The van der Waals surface area contributed by atoms with Gasteiger partial charge in [0.25, 0.3) is 0 Å². The molecule has 1 N–H and O–H groups in total. The zero-order chi connectivity index (χ0) is 23.3. The number of carbonyl (C=O) groups is 2. The first-order chi connectivity index (χ1) is 14.7. The summed E-state index contributed by atoms with van der Waals surface area (Å²) >= 11 is 0. The Balaban J connectivity index is 2.40. The van der Waals surface area contributed by atoms with Gasteiger partial charge in [-0.25, -0.2) is 4.79 Å². The molecule has 0 spiro atoms. The maximum atomic E-state index is 12.6. The topological polar surface area (TPSA) is 72.8 Å². The SMILES string of the molecule is CCCCCCCC[C@H]1CC[C@H](O)[C@@H]1CCCCC(=O)C(OC(C)(C)C)C(=O)OCC. The number of carbonyl (C=O) groups excluding carboxylic acids is 2. The average molecular weight is 441 g/mol. The van der Waals surface area contributed by atoms with Crippen LogP contribution in [0.25, 0.3) is 0 Å². The smallest absolute Gasteiger partial charge is 0.343 e. The molecule has 1 rings (SSSR count). The lowest BCUT2D eigenvalue weighted by Crippen LogP contribution is -2.40. The van der Waals surface area contributed by atoms with Gasteiger partial charge in [-0.1, -0.05) is 58.3 Å². The van der Waals surface area contributed by atoms with Gasteiger partial charge in [-0.2, -0.15) is 0 Å². The van der Waals surface area contributed by atoms with Crippen LogP contribution in [0.5, 0.6) is 0 Å². The van der Waals surface area contributed by atoms with E-state index in [2.05, 4.69) is 6.92 Å². The highest BCUT2D eigenvalue weighted by molar-refractivity contribution is 6.02. The molecule has 0 heterocycles. The zero-order valence-corrected chi connectivity index (χ0v) is 20.8. The van der Waals surface area contributed by atoms with Crippen LogP contribution in [0, 0.1) is 11.8 Å². The molecule has 0 aliphatic heterocycles. The maximum Gasteiger partial charge on any atom is 0.343 e. The number of unbranched alkanes of at least 4 members (excludes halogenated alkanes) is 6. The average Bonchev–Trinajstić information content (AvgIpc) is 3.05. The minimum Gasteiger partial charge on any atom is -0.464 e. The molecule has 1 unspecified atom stereocenters. The second-order valence-electron chi connectivity index (χ2n) is 10.2. The number of aliphatic hydroxyl groups excluding tert-OH is 1. The number of aliphatic hydroxyl groups is 1. The van der Waals surface area contributed by atoms with Crippen molar-refractivity contribution in [1.29, 1.82) is 0 Å². The van der Waals surface area contributed by atoms with E-state index in [1.807, 2.05) is 20.8 Å². The quantitative estimate of drug-likeness (QED) is 0.181. The molecule has 4 atom stereocenters. The number of hydrogen-bond donors (Lipinski definition) is 1. The zero-order valence-electron chi connectivity index (χ0n) is 20.8. The van der Waals surface area contributed by atoms with Gasteiger partial charge in [-0.15, -0.1) is 0 Å². The molecule has 0 amide bonds. The summed E-state index contributed by atoms with van der Waals surface area (Å²) in [4.78, 5) is 24.8. The molecule has 31 heavy (non-hydrogen) atoms. The summed E-state index contributed by atoms with van der Waals surface area (Å²) < 4.78 is 10.7. The lowest BCUT2D eigenvalue weighted by Gasteiger charge is -2.25. The van der Waals surface area contributed by atoms with Gasteiger partial charge in [0.15, 0.2) is 5.78 Å². The molecule has 0 aromatic carbocycles. The maximum absolute atomic E-state index is 12.6. The molecule has 1 aliphatic carbocycles. The Morgan fingerprint density at radius 2 is 1.58 bits per heavy atom. The van der Waals surface area contributed by atoms with E-state index in [9.17, 15) is 14.7 Å². The Labute approximate surface area is 190 Å². The van der Waals surface area contributed by atoms with Crippen molar-refractivity contribution in [2.75, 3.05) is 6.61 Å². The van der Waals surface area contributed by atoms with Crippen molar-refractivity contribution >= 4 is 11.8 Å². The molecular weight excluding hydrogens is 392 g/mol. The van der Waals surface area contributed by atoms with Crippen molar-refractivity contribution in [3.8, 4) is 0 Å². The minimum absolute atomic E-state index is 0.197. The van der Waals surface area contributed by atoms with E-state index >= 15 is 0 Å². The van der Waals surface area contributed by atoms with Crippen LogP contribution in [-0.4, -0.2) is 41.3 Å². The Morgan fingerprint density at radius 3 is 2.23 bits per heavy atom. The molecule has 182 valence electrons. The number of esters is 1. The Morgan fingerprint density at radius 1 is 0.935 bits per heavy atom. The van der Waals surface area contributed by atoms with E-state index in [1.165, 1.54) is 44.9 Å². The van der Waals surface area contributed by atoms with Crippen LogP contribution in [0.3, 0.4) is 0 Å². The molecule has 0 aromatic rings. The van der Waals surface area contributed by atoms with E-state index in [4.69, 9.17) is 9.47 Å². The molecule has 1 saturated carbocycles. The Hall–Kier alpha value is -0.940. The second kappa shape index (κ2) is 15.0.